The van der Waals surface area contributed by atoms with E-state index in [0.29, 0.717) is 18.7 Å². The zero-order chi connectivity index (χ0) is 13.8. The van der Waals surface area contributed by atoms with Crippen LogP contribution in [0.3, 0.4) is 0 Å². The van der Waals surface area contributed by atoms with E-state index in [1.54, 1.807) is 6.08 Å². The fourth-order valence-corrected chi connectivity index (χ4v) is 1.72. The molecule has 1 aromatic carbocycles. The summed E-state index contributed by atoms with van der Waals surface area (Å²) in [5.41, 5.74) is -0.800. The SMILES string of the molecule is C=CCCn1ccn(-c2ccc(F)cc2)c(=O)c1=O. The number of benzene rings is 1. The summed E-state index contributed by atoms with van der Waals surface area (Å²) in [4.78, 5) is 23.8. The van der Waals surface area contributed by atoms with Crippen molar-refractivity contribution < 1.29 is 4.39 Å². The summed E-state index contributed by atoms with van der Waals surface area (Å²) in [6.45, 7) is 3.99. The molecule has 0 unspecified atom stereocenters. The van der Waals surface area contributed by atoms with Crippen LogP contribution in [0.2, 0.25) is 0 Å². The summed E-state index contributed by atoms with van der Waals surface area (Å²) in [6.07, 6.45) is 5.33. The van der Waals surface area contributed by atoms with Gasteiger partial charge >= 0.3 is 11.1 Å². The van der Waals surface area contributed by atoms with Crippen molar-refractivity contribution in [3.05, 3.63) is 75.8 Å². The Bertz CT molecular complexity index is 699. The van der Waals surface area contributed by atoms with Gasteiger partial charge in [0.2, 0.25) is 0 Å². The zero-order valence-corrected chi connectivity index (χ0v) is 10.3. The molecule has 0 spiro atoms. The topological polar surface area (TPSA) is 44.0 Å². The normalized spacial score (nSPS) is 10.4. The van der Waals surface area contributed by atoms with Gasteiger partial charge in [-0.25, -0.2) is 4.39 Å². The van der Waals surface area contributed by atoms with Gasteiger partial charge in [0.1, 0.15) is 5.82 Å². The fraction of sp³-hybridized carbons (Fsp3) is 0.143. The molecule has 98 valence electrons. The summed E-state index contributed by atoms with van der Waals surface area (Å²) < 4.78 is 15.4. The first kappa shape index (κ1) is 13.0. The Balaban J connectivity index is 2.47. The number of rotatable bonds is 4. The Morgan fingerprint density at radius 2 is 1.79 bits per heavy atom. The van der Waals surface area contributed by atoms with Crippen LogP contribution in [0.15, 0.2) is 58.9 Å². The van der Waals surface area contributed by atoms with Gasteiger partial charge in [0.15, 0.2) is 0 Å². The van der Waals surface area contributed by atoms with E-state index in [1.807, 2.05) is 0 Å². The quantitative estimate of drug-likeness (QED) is 0.620. The second kappa shape index (κ2) is 5.48. The van der Waals surface area contributed by atoms with E-state index in [9.17, 15) is 14.0 Å². The highest BCUT2D eigenvalue weighted by molar-refractivity contribution is 5.31. The second-order valence-electron chi connectivity index (χ2n) is 4.03. The van der Waals surface area contributed by atoms with Crippen molar-refractivity contribution in [1.29, 1.82) is 0 Å². The monoisotopic (exact) mass is 260 g/mol. The average Bonchev–Trinajstić information content (AvgIpc) is 2.42. The molecule has 0 saturated carbocycles. The maximum atomic E-state index is 12.8. The molecule has 0 N–H and O–H groups in total. The molecule has 2 aromatic rings. The van der Waals surface area contributed by atoms with Crippen molar-refractivity contribution in [3.63, 3.8) is 0 Å². The van der Waals surface area contributed by atoms with Gasteiger partial charge in [0.25, 0.3) is 0 Å². The van der Waals surface area contributed by atoms with E-state index in [1.165, 1.54) is 45.8 Å². The Morgan fingerprint density at radius 1 is 1.11 bits per heavy atom. The van der Waals surface area contributed by atoms with Crippen molar-refractivity contribution in [1.82, 2.24) is 9.13 Å². The summed E-state index contributed by atoms with van der Waals surface area (Å²) in [5.74, 6) is -0.392. The average molecular weight is 260 g/mol. The summed E-state index contributed by atoms with van der Waals surface area (Å²) in [6, 6.07) is 5.38. The van der Waals surface area contributed by atoms with Crippen LogP contribution in [-0.4, -0.2) is 9.13 Å². The highest BCUT2D eigenvalue weighted by Crippen LogP contribution is 2.05. The number of nitrogens with zero attached hydrogens (tertiary/aromatic N) is 2. The third-order valence-electron chi connectivity index (χ3n) is 2.74. The van der Waals surface area contributed by atoms with Gasteiger partial charge in [-0.3, -0.25) is 14.2 Å². The number of aryl methyl sites for hydroxylation is 1. The molecule has 1 heterocycles. The zero-order valence-electron chi connectivity index (χ0n) is 10.3. The van der Waals surface area contributed by atoms with Crippen molar-refractivity contribution in [2.24, 2.45) is 0 Å². The molecule has 0 fully saturated rings. The van der Waals surface area contributed by atoms with Gasteiger partial charge in [-0.2, -0.15) is 0 Å². The number of hydrogen-bond acceptors (Lipinski definition) is 2. The third kappa shape index (κ3) is 2.70. The van der Waals surface area contributed by atoms with Crippen LogP contribution in [0.1, 0.15) is 6.42 Å². The van der Waals surface area contributed by atoms with E-state index in [2.05, 4.69) is 6.58 Å². The molecule has 0 amide bonds. The van der Waals surface area contributed by atoms with Crippen molar-refractivity contribution in [2.75, 3.05) is 0 Å². The maximum absolute atomic E-state index is 12.8. The molecule has 0 radical (unpaired) electrons. The first-order valence-corrected chi connectivity index (χ1v) is 5.82. The molecular weight excluding hydrogens is 247 g/mol. The minimum absolute atomic E-state index is 0.392. The van der Waals surface area contributed by atoms with Gasteiger partial charge in [-0.1, -0.05) is 6.08 Å². The minimum Gasteiger partial charge on any atom is -0.309 e. The van der Waals surface area contributed by atoms with Crippen LogP contribution in [0.4, 0.5) is 4.39 Å². The molecule has 0 aliphatic carbocycles. The van der Waals surface area contributed by atoms with Crippen molar-refractivity contribution >= 4 is 0 Å². The van der Waals surface area contributed by atoms with Crippen LogP contribution in [-0.2, 0) is 6.54 Å². The summed E-state index contributed by atoms with van der Waals surface area (Å²) in [5, 5.41) is 0. The Kier molecular flexibility index (Phi) is 3.75. The molecule has 5 heteroatoms. The smallest absolute Gasteiger partial charge is 0.309 e. The Labute approximate surface area is 109 Å². The van der Waals surface area contributed by atoms with Crippen LogP contribution in [0.25, 0.3) is 5.69 Å². The van der Waals surface area contributed by atoms with Crippen molar-refractivity contribution in [3.8, 4) is 5.69 Å². The van der Waals surface area contributed by atoms with Crippen LogP contribution in [0, 0.1) is 5.82 Å². The molecule has 2 rings (SSSR count). The van der Waals surface area contributed by atoms with Gasteiger partial charge in [-0.05, 0) is 30.7 Å². The molecule has 4 nitrogen and oxygen atoms in total. The van der Waals surface area contributed by atoms with Gasteiger partial charge < -0.3 is 4.57 Å². The molecule has 0 atom stereocenters. The van der Waals surface area contributed by atoms with Gasteiger partial charge in [0.05, 0.1) is 0 Å². The first-order valence-electron chi connectivity index (χ1n) is 5.82. The summed E-state index contributed by atoms with van der Waals surface area (Å²) in [7, 11) is 0. The van der Waals surface area contributed by atoms with E-state index in [-0.39, 0.29) is 0 Å². The molecular formula is C14H13FN2O2. The molecule has 0 aliphatic rings. The van der Waals surface area contributed by atoms with E-state index in [0.717, 1.165) is 0 Å². The number of halogens is 1. The predicted molar refractivity (Wildman–Crippen MR) is 71.1 cm³/mol. The highest BCUT2D eigenvalue weighted by atomic mass is 19.1. The Morgan fingerprint density at radius 3 is 2.42 bits per heavy atom. The molecule has 0 saturated heterocycles. The predicted octanol–water partition coefficient (Wildman–Crippen LogP) is 1.71. The lowest BCUT2D eigenvalue weighted by Gasteiger charge is -2.08. The van der Waals surface area contributed by atoms with Gasteiger partial charge in [0, 0.05) is 24.6 Å². The van der Waals surface area contributed by atoms with E-state index >= 15 is 0 Å². The first-order chi connectivity index (χ1) is 9.13. The molecule has 19 heavy (non-hydrogen) atoms. The fourth-order valence-electron chi connectivity index (χ4n) is 1.72. The molecule has 1 aromatic heterocycles. The van der Waals surface area contributed by atoms with Gasteiger partial charge in [-0.15, -0.1) is 6.58 Å². The standard InChI is InChI=1S/C14H13FN2O2/c1-2-3-8-16-9-10-17(14(19)13(16)18)12-6-4-11(15)5-7-12/h2,4-7,9-10H,1,3,8H2. The van der Waals surface area contributed by atoms with E-state index < -0.39 is 16.9 Å². The van der Waals surface area contributed by atoms with E-state index in [4.69, 9.17) is 0 Å². The largest absolute Gasteiger partial charge is 0.320 e. The second-order valence-corrected chi connectivity index (χ2v) is 4.03. The lowest BCUT2D eigenvalue weighted by molar-refractivity contribution is 0.626. The number of hydrogen-bond donors (Lipinski definition) is 0. The lowest BCUT2D eigenvalue weighted by Crippen LogP contribution is -2.39. The molecule has 0 bridgehead atoms. The number of allylic oxidation sites excluding steroid dienone is 1. The van der Waals surface area contributed by atoms with Crippen LogP contribution >= 0.6 is 0 Å². The number of aromatic nitrogens is 2. The highest BCUT2D eigenvalue weighted by Gasteiger charge is 2.06. The molecule has 0 aliphatic heterocycles. The van der Waals surface area contributed by atoms with Crippen molar-refractivity contribution in [2.45, 2.75) is 13.0 Å². The third-order valence-corrected chi connectivity index (χ3v) is 2.74. The minimum atomic E-state index is -0.654. The Hall–Kier alpha value is -2.43. The van der Waals surface area contributed by atoms with Crippen LogP contribution in [0.5, 0.6) is 0 Å². The summed E-state index contributed by atoms with van der Waals surface area (Å²) >= 11 is 0. The lowest BCUT2D eigenvalue weighted by atomic mass is 10.3. The van der Waals surface area contributed by atoms with Crippen LogP contribution < -0.4 is 11.1 Å². The maximum Gasteiger partial charge on any atom is 0.320 e.